The lowest BCUT2D eigenvalue weighted by atomic mass is 10.2. The molecule has 2 rings (SSSR count). The highest BCUT2D eigenvalue weighted by Crippen LogP contribution is 2.19. The second-order valence-electron chi connectivity index (χ2n) is 7.66. The van der Waals surface area contributed by atoms with Gasteiger partial charge < -0.3 is 15.5 Å². The predicted octanol–water partition coefficient (Wildman–Crippen LogP) is 2.53. The molecule has 8 nitrogen and oxygen atoms in total. The molecule has 0 atom stereocenters. The second-order valence-corrected chi connectivity index (χ2v) is 9.65. The van der Waals surface area contributed by atoms with Crippen molar-refractivity contribution in [3.05, 3.63) is 54.1 Å². The Balaban J connectivity index is 1.87. The van der Waals surface area contributed by atoms with E-state index in [2.05, 4.69) is 10.6 Å². The smallest absolute Gasteiger partial charge is 0.243 e. The van der Waals surface area contributed by atoms with Crippen LogP contribution in [0.2, 0.25) is 0 Å². The van der Waals surface area contributed by atoms with Gasteiger partial charge in [-0.15, -0.1) is 0 Å². The molecule has 0 saturated carbocycles. The number of hydrogen-bond acceptors (Lipinski definition) is 5. The summed E-state index contributed by atoms with van der Waals surface area (Å²) in [5.74, 6) is -0.557. The molecule has 0 aliphatic heterocycles. The zero-order valence-corrected chi connectivity index (χ0v) is 19.4. The summed E-state index contributed by atoms with van der Waals surface area (Å²) < 4.78 is 26.3. The molecule has 0 unspecified atom stereocenters. The quantitative estimate of drug-likeness (QED) is 0.617. The van der Waals surface area contributed by atoms with Gasteiger partial charge >= 0.3 is 0 Å². The second kappa shape index (κ2) is 10.4. The molecule has 0 heterocycles. The van der Waals surface area contributed by atoms with Crippen LogP contribution in [0.25, 0.3) is 0 Å². The molecule has 168 valence electrons. The largest absolute Gasteiger partial charge is 0.376 e. The maximum absolute atomic E-state index is 12.5. The van der Waals surface area contributed by atoms with Crippen LogP contribution in [-0.2, 0) is 19.6 Å². The molecule has 2 aromatic rings. The van der Waals surface area contributed by atoms with Gasteiger partial charge in [-0.05, 0) is 57.2 Å². The van der Waals surface area contributed by atoms with Crippen molar-refractivity contribution in [2.24, 2.45) is 0 Å². The summed E-state index contributed by atoms with van der Waals surface area (Å²) in [6.07, 6.45) is 0. The molecule has 0 radical (unpaired) electrons. The standard InChI is InChI=1S/C22H30N4O4S/c1-16(2)26(5)31(29,30)20-12-10-18(11-13-20)23-14-22(28)25(4)15-21(27)24-19-8-6-17(3)7-9-19/h6-13,16,23H,14-15H2,1-5H3,(H,24,27). The number of carbonyl (C=O) groups excluding carboxylic acids is 2. The number of nitrogens with one attached hydrogen (secondary N) is 2. The summed E-state index contributed by atoms with van der Waals surface area (Å²) in [7, 11) is -0.466. The number of nitrogens with zero attached hydrogens (tertiary/aromatic N) is 2. The third kappa shape index (κ3) is 6.80. The van der Waals surface area contributed by atoms with Gasteiger partial charge in [0.1, 0.15) is 0 Å². The molecule has 0 aliphatic carbocycles. The topological polar surface area (TPSA) is 98.8 Å². The maximum atomic E-state index is 12.5. The zero-order chi connectivity index (χ0) is 23.2. The van der Waals surface area contributed by atoms with Crippen LogP contribution in [0.5, 0.6) is 0 Å². The molecule has 2 aromatic carbocycles. The Bertz CT molecular complexity index is 1000. The molecule has 0 spiro atoms. The summed E-state index contributed by atoms with van der Waals surface area (Å²) in [4.78, 5) is 26.0. The predicted molar refractivity (Wildman–Crippen MR) is 122 cm³/mol. The van der Waals surface area contributed by atoms with Crippen molar-refractivity contribution in [2.45, 2.75) is 31.7 Å². The molecule has 0 bridgehead atoms. The highest BCUT2D eigenvalue weighted by Gasteiger charge is 2.22. The average Bonchev–Trinajstić information content (AvgIpc) is 2.73. The Labute approximate surface area is 184 Å². The van der Waals surface area contributed by atoms with Gasteiger partial charge in [0.15, 0.2) is 0 Å². The lowest BCUT2D eigenvalue weighted by molar-refractivity contribution is -0.131. The minimum absolute atomic E-state index is 0.0215. The van der Waals surface area contributed by atoms with Gasteiger partial charge in [0, 0.05) is 31.5 Å². The maximum Gasteiger partial charge on any atom is 0.243 e. The van der Waals surface area contributed by atoms with Crippen molar-refractivity contribution < 1.29 is 18.0 Å². The van der Waals surface area contributed by atoms with Crippen LogP contribution in [0.1, 0.15) is 19.4 Å². The van der Waals surface area contributed by atoms with Gasteiger partial charge in [0.25, 0.3) is 0 Å². The van der Waals surface area contributed by atoms with Crippen LogP contribution in [-0.4, -0.2) is 62.7 Å². The van der Waals surface area contributed by atoms with E-state index in [-0.39, 0.29) is 35.8 Å². The van der Waals surface area contributed by atoms with E-state index in [9.17, 15) is 18.0 Å². The third-order valence-electron chi connectivity index (χ3n) is 4.84. The van der Waals surface area contributed by atoms with Crippen LogP contribution >= 0.6 is 0 Å². The molecule has 0 aliphatic rings. The summed E-state index contributed by atoms with van der Waals surface area (Å²) >= 11 is 0. The average molecular weight is 447 g/mol. The van der Waals surface area contributed by atoms with Gasteiger partial charge in [-0.25, -0.2) is 8.42 Å². The van der Waals surface area contributed by atoms with Crippen molar-refractivity contribution in [1.29, 1.82) is 0 Å². The number of carbonyl (C=O) groups is 2. The summed E-state index contributed by atoms with van der Waals surface area (Å²) in [6.45, 7) is 5.47. The third-order valence-corrected chi connectivity index (χ3v) is 6.89. The Morgan fingerprint density at radius 1 is 0.935 bits per heavy atom. The van der Waals surface area contributed by atoms with Crippen LogP contribution in [0.15, 0.2) is 53.4 Å². The molecule has 9 heteroatoms. The first kappa shape index (κ1) is 24.4. The SMILES string of the molecule is Cc1ccc(NC(=O)CN(C)C(=O)CNc2ccc(S(=O)(=O)N(C)C(C)C)cc2)cc1. The number of sulfonamides is 1. The van der Waals surface area contributed by atoms with E-state index in [1.165, 1.54) is 28.4 Å². The first-order valence-electron chi connectivity index (χ1n) is 9.93. The van der Waals surface area contributed by atoms with Gasteiger partial charge in [-0.1, -0.05) is 17.7 Å². The lowest BCUT2D eigenvalue weighted by Crippen LogP contribution is -2.38. The zero-order valence-electron chi connectivity index (χ0n) is 18.5. The van der Waals surface area contributed by atoms with Crippen LogP contribution in [0.3, 0.4) is 0 Å². The number of amides is 2. The van der Waals surface area contributed by atoms with Gasteiger partial charge in [0.05, 0.1) is 18.0 Å². The fourth-order valence-electron chi connectivity index (χ4n) is 2.64. The molecule has 0 fully saturated rings. The molecular formula is C22H30N4O4S. The van der Waals surface area contributed by atoms with Crippen molar-refractivity contribution in [3.63, 3.8) is 0 Å². The van der Waals surface area contributed by atoms with E-state index in [1.807, 2.05) is 19.1 Å². The molecule has 2 amide bonds. The molecule has 31 heavy (non-hydrogen) atoms. The lowest BCUT2D eigenvalue weighted by Gasteiger charge is -2.21. The number of aryl methyl sites for hydroxylation is 1. The van der Waals surface area contributed by atoms with E-state index in [0.29, 0.717) is 11.4 Å². The summed E-state index contributed by atoms with van der Waals surface area (Å²) in [6, 6.07) is 13.5. The molecular weight excluding hydrogens is 416 g/mol. The van der Waals surface area contributed by atoms with E-state index < -0.39 is 10.0 Å². The van der Waals surface area contributed by atoms with Crippen molar-refractivity contribution in [1.82, 2.24) is 9.21 Å². The number of benzene rings is 2. The van der Waals surface area contributed by atoms with E-state index >= 15 is 0 Å². The van der Waals surface area contributed by atoms with E-state index in [0.717, 1.165) is 5.56 Å². The van der Waals surface area contributed by atoms with Crippen molar-refractivity contribution >= 4 is 33.2 Å². The number of hydrogen-bond donors (Lipinski definition) is 2. The molecule has 0 saturated heterocycles. The van der Waals surface area contributed by atoms with Gasteiger partial charge in [-0.3, -0.25) is 9.59 Å². The van der Waals surface area contributed by atoms with Crippen molar-refractivity contribution in [3.8, 4) is 0 Å². The summed E-state index contributed by atoms with van der Waals surface area (Å²) in [5, 5.41) is 5.71. The number of rotatable bonds is 9. The first-order chi connectivity index (χ1) is 14.5. The monoisotopic (exact) mass is 446 g/mol. The van der Waals surface area contributed by atoms with Crippen LogP contribution < -0.4 is 10.6 Å². The van der Waals surface area contributed by atoms with Crippen LogP contribution in [0.4, 0.5) is 11.4 Å². The summed E-state index contributed by atoms with van der Waals surface area (Å²) in [5.41, 5.74) is 2.37. The van der Waals surface area contributed by atoms with Gasteiger partial charge in [-0.2, -0.15) is 4.31 Å². The van der Waals surface area contributed by atoms with Crippen LogP contribution in [0, 0.1) is 6.92 Å². The van der Waals surface area contributed by atoms with E-state index in [1.54, 1.807) is 45.2 Å². The Hall–Kier alpha value is -2.91. The molecule has 2 N–H and O–H groups in total. The highest BCUT2D eigenvalue weighted by atomic mass is 32.2. The molecule has 0 aromatic heterocycles. The normalized spacial score (nSPS) is 11.5. The fraction of sp³-hybridized carbons (Fsp3) is 0.364. The van der Waals surface area contributed by atoms with Crippen molar-refractivity contribution in [2.75, 3.05) is 37.8 Å². The number of anilines is 2. The minimum atomic E-state index is -3.56. The first-order valence-corrected chi connectivity index (χ1v) is 11.4. The Kier molecular flexibility index (Phi) is 8.18. The number of likely N-dealkylation sites (N-methyl/N-ethyl adjacent to an activating group) is 1. The van der Waals surface area contributed by atoms with E-state index in [4.69, 9.17) is 0 Å². The minimum Gasteiger partial charge on any atom is -0.376 e. The fourth-order valence-corrected chi connectivity index (χ4v) is 4.01. The Morgan fingerprint density at radius 2 is 1.48 bits per heavy atom. The highest BCUT2D eigenvalue weighted by molar-refractivity contribution is 7.89. The Morgan fingerprint density at radius 3 is 2.03 bits per heavy atom. The van der Waals surface area contributed by atoms with Gasteiger partial charge in [0.2, 0.25) is 21.8 Å².